The van der Waals surface area contributed by atoms with Gasteiger partial charge in [-0.15, -0.1) is 0 Å². The smallest absolute Gasteiger partial charge is 0.134 e. The van der Waals surface area contributed by atoms with Crippen LogP contribution in [0.2, 0.25) is 5.15 Å². The van der Waals surface area contributed by atoms with E-state index in [0.29, 0.717) is 23.3 Å². The molecule has 2 rings (SSSR count). The van der Waals surface area contributed by atoms with E-state index in [1.54, 1.807) is 13.0 Å². The number of hydrogen-bond acceptors (Lipinski definition) is 4. The van der Waals surface area contributed by atoms with Crippen LogP contribution >= 0.6 is 11.6 Å². The zero-order valence-electron chi connectivity index (χ0n) is 9.97. The number of benzene rings is 1. The van der Waals surface area contributed by atoms with Crippen molar-refractivity contribution in [1.82, 2.24) is 9.97 Å². The second-order valence-electron chi connectivity index (χ2n) is 3.93. The average Bonchev–Trinajstić information content (AvgIpc) is 2.36. The van der Waals surface area contributed by atoms with Gasteiger partial charge in [-0.05, 0) is 12.5 Å². The minimum atomic E-state index is -0.583. The first kappa shape index (κ1) is 12.8. The summed E-state index contributed by atoms with van der Waals surface area (Å²) in [6, 6.07) is 11.1. The minimum absolute atomic E-state index is 0.372. The van der Waals surface area contributed by atoms with Crippen molar-refractivity contribution in [3.63, 3.8) is 0 Å². The molecule has 1 aromatic carbocycles. The van der Waals surface area contributed by atoms with Gasteiger partial charge in [0.25, 0.3) is 0 Å². The van der Waals surface area contributed by atoms with E-state index in [4.69, 9.17) is 11.6 Å². The number of aromatic nitrogens is 2. The van der Waals surface area contributed by atoms with Crippen LogP contribution in [-0.2, 0) is 0 Å². The molecule has 0 aliphatic rings. The standard InChI is InChI=1S/C13H14ClN3O/c1-9-16-12(14)7-13(17-9)15-8-11(18)10-5-3-2-4-6-10/h2-7,11,18H,8H2,1H3,(H,15,16,17)/t11-/m0/s1. The lowest BCUT2D eigenvalue weighted by Gasteiger charge is -2.12. The molecule has 0 fully saturated rings. The lowest BCUT2D eigenvalue weighted by molar-refractivity contribution is 0.191. The molecule has 0 bridgehead atoms. The van der Waals surface area contributed by atoms with E-state index in [-0.39, 0.29) is 0 Å². The molecule has 1 heterocycles. The van der Waals surface area contributed by atoms with Gasteiger partial charge in [0.1, 0.15) is 16.8 Å². The molecular formula is C13H14ClN3O. The fourth-order valence-electron chi connectivity index (χ4n) is 1.62. The Morgan fingerprint density at radius 1 is 1.28 bits per heavy atom. The zero-order chi connectivity index (χ0) is 13.0. The molecule has 0 saturated carbocycles. The number of nitrogens with zero attached hydrogens (tertiary/aromatic N) is 2. The van der Waals surface area contributed by atoms with Gasteiger partial charge >= 0.3 is 0 Å². The summed E-state index contributed by atoms with van der Waals surface area (Å²) in [7, 11) is 0. The summed E-state index contributed by atoms with van der Waals surface area (Å²) in [6.07, 6.45) is -0.583. The van der Waals surface area contributed by atoms with Gasteiger partial charge in [-0.1, -0.05) is 41.9 Å². The zero-order valence-corrected chi connectivity index (χ0v) is 10.7. The van der Waals surface area contributed by atoms with E-state index in [9.17, 15) is 5.11 Å². The summed E-state index contributed by atoms with van der Waals surface area (Å²) in [5, 5.41) is 13.4. The number of rotatable bonds is 4. The van der Waals surface area contributed by atoms with E-state index >= 15 is 0 Å². The fourth-order valence-corrected chi connectivity index (χ4v) is 1.84. The normalized spacial score (nSPS) is 12.2. The number of aliphatic hydroxyl groups excluding tert-OH is 1. The number of halogens is 1. The molecule has 1 atom stereocenters. The van der Waals surface area contributed by atoms with Crippen LogP contribution in [0.25, 0.3) is 0 Å². The first-order valence-corrected chi connectivity index (χ1v) is 6.01. The van der Waals surface area contributed by atoms with Crippen LogP contribution in [0.4, 0.5) is 5.82 Å². The molecule has 0 amide bonds. The molecule has 0 saturated heterocycles. The maximum atomic E-state index is 9.98. The Bertz CT molecular complexity index is 499. The van der Waals surface area contributed by atoms with E-state index in [1.807, 2.05) is 30.3 Å². The Labute approximate surface area is 111 Å². The van der Waals surface area contributed by atoms with Gasteiger partial charge in [0.2, 0.25) is 0 Å². The predicted molar refractivity (Wildman–Crippen MR) is 71.7 cm³/mol. The van der Waals surface area contributed by atoms with Crippen LogP contribution in [0.15, 0.2) is 36.4 Å². The van der Waals surface area contributed by atoms with Crippen LogP contribution in [0, 0.1) is 6.92 Å². The second-order valence-corrected chi connectivity index (χ2v) is 4.32. The minimum Gasteiger partial charge on any atom is -0.387 e. The molecule has 5 heteroatoms. The molecule has 18 heavy (non-hydrogen) atoms. The third kappa shape index (κ3) is 3.42. The Morgan fingerprint density at radius 2 is 2.00 bits per heavy atom. The molecule has 2 N–H and O–H groups in total. The Hall–Kier alpha value is -1.65. The van der Waals surface area contributed by atoms with Crippen molar-refractivity contribution < 1.29 is 5.11 Å². The number of nitrogens with one attached hydrogen (secondary N) is 1. The highest BCUT2D eigenvalue weighted by atomic mass is 35.5. The summed E-state index contributed by atoms with van der Waals surface area (Å²) in [5.41, 5.74) is 0.863. The Morgan fingerprint density at radius 3 is 2.67 bits per heavy atom. The topological polar surface area (TPSA) is 58.0 Å². The first-order chi connectivity index (χ1) is 8.65. The van der Waals surface area contributed by atoms with Gasteiger partial charge in [-0.3, -0.25) is 0 Å². The van der Waals surface area contributed by atoms with E-state index in [1.165, 1.54) is 0 Å². The van der Waals surface area contributed by atoms with Gasteiger partial charge < -0.3 is 10.4 Å². The Kier molecular flexibility index (Phi) is 4.12. The van der Waals surface area contributed by atoms with Crippen molar-refractivity contribution in [2.24, 2.45) is 0 Å². The highest BCUT2D eigenvalue weighted by Crippen LogP contribution is 2.15. The highest BCUT2D eigenvalue weighted by Gasteiger charge is 2.07. The van der Waals surface area contributed by atoms with Crippen molar-refractivity contribution in [3.05, 3.63) is 52.9 Å². The molecule has 0 unspecified atom stereocenters. The first-order valence-electron chi connectivity index (χ1n) is 5.63. The van der Waals surface area contributed by atoms with E-state index < -0.39 is 6.10 Å². The van der Waals surface area contributed by atoms with Crippen molar-refractivity contribution in [1.29, 1.82) is 0 Å². The molecule has 0 aliphatic heterocycles. The maximum absolute atomic E-state index is 9.98. The predicted octanol–water partition coefficient (Wildman–Crippen LogP) is 2.58. The van der Waals surface area contributed by atoms with Crippen LogP contribution in [0.5, 0.6) is 0 Å². The molecule has 2 aromatic rings. The SMILES string of the molecule is Cc1nc(Cl)cc(NC[C@H](O)c2ccccc2)n1. The van der Waals surface area contributed by atoms with Gasteiger partial charge in [0, 0.05) is 12.6 Å². The largest absolute Gasteiger partial charge is 0.387 e. The van der Waals surface area contributed by atoms with E-state index in [2.05, 4.69) is 15.3 Å². The van der Waals surface area contributed by atoms with Gasteiger partial charge in [-0.25, -0.2) is 9.97 Å². The number of aliphatic hydroxyl groups is 1. The molecule has 94 valence electrons. The fraction of sp³-hybridized carbons (Fsp3) is 0.231. The summed E-state index contributed by atoms with van der Waals surface area (Å²) in [6.45, 7) is 2.14. The lowest BCUT2D eigenvalue weighted by Crippen LogP contribution is -2.13. The molecule has 0 radical (unpaired) electrons. The third-order valence-corrected chi connectivity index (χ3v) is 2.66. The summed E-state index contributed by atoms with van der Waals surface area (Å²) in [5.74, 6) is 1.21. The summed E-state index contributed by atoms with van der Waals surface area (Å²) >= 11 is 5.83. The van der Waals surface area contributed by atoms with Crippen LogP contribution < -0.4 is 5.32 Å². The molecule has 0 spiro atoms. The number of aryl methyl sites for hydroxylation is 1. The Balaban J connectivity index is 1.99. The lowest BCUT2D eigenvalue weighted by atomic mass is 10.1. The quantitative estimate of drug-likeness (QED) is 0.833. The number of hydrogen-bond donors (Lipinski definition) is 2. The van der Waals surface area contributed by atoms with Gasteiger partial charge in [0.05, 0.1) is 6.10 Å². The molecule has 1 aromatic heterocycles. The molecule has 0 aliphatic carbocycles. The van der Waals surface area contributed by atoms with Crippen molar-refractivity contribution in [2.45, 2.75) is 13.0 Å². The van der Waals surface area contributed by atoms with Crippen LogP contribution in [0.3, 0.4) is 0 Å². The average molecular weight is 264 g/mol. The summed E-state index contributed by atoms with van der Waals surface area (Å²) < 4.78 is 0. The van der Waals surface area contributed by atoms with Gasteiger partial charge in [-0.2, -0.15) is 0 Å². The second kappa shape index (κ2) is 5.80. The molecule has 4 nitrogen and oxygen atoms in total. The maximum Gasteiger partial charge on any atom is 0.134 e. The highest BCUT2D eigenvalue weighted by molar-refractivity contribution is 6.29. The molecular weight excluding hydrogens is 250 g/mol. The van der Waals surface area contributed by atoms with Crippen LogP contribution in [-0.4, -0.2) is 21.6 Å². The van der Waals surface area contributed by atoms with Crippen molar-refractivity contribution in [2.75, 3.05) is 11.9 Å². The van der Waals surface area contributed by atoms with E-state index in [0.717, 1.165) is 5.56 Å². The van der Waals surface area contributed by atoms with Crippen molar-refractivity contribution in [3.8, 4) is 0 Å². The third-order valence-electron chi connectivity index (χ3n) is 2.47. The van der Waals surface area contributed by atoms with Gasteiger partial charge in [0.15, 0.2) is 0 Å². The van der Waals surface area contributed by atoms with Crippen LogP contribution in [0.1, 0.15) is 17.5 Å². The van der Waals surface area contributed by atoms with Crippen molar-refractivity contribution >= 4 is 17.4 Å². The monoisotopic (exact) mass is 263 g/mol. The summed E-state index contributed by atoms with van der Waals surface area (Å²) in [4.78, 5) is 8.15. The number of anilines is 1.